The number of nitrogens with zero attached hydrogens (tertiary/aromatic N) is 1. The molecular weight excluding hydrogens is 312 g/mol. The van der Waals surface area contributed by atoms with E-state index < -0.39 is 17.5 Å². The lowest BCUT2D eigenvalue weighted by Crippen LogP contribution is -2.12. The first-order valence-electron chi connectivity index (χ1n) is 7.15. The highest BCUT2D eigenvalue weighted by Gasteiger charge is 2.09. The number of hydrogen-bond donors (Lipinski definition) is 2. The first-order valence-corrected chi connectivity index (χ1v) is 7.15. The third-order valence-electron chi connectivity index (χ3n) is 3.24. The summed E-state index contributed by atoms with van der Waals surface area (Å²) in [4.78, 5) is 16.2. The third-order valence-corrected chi connectivity index (χ3v) is 3.24. The number of halogens is 2. The Kier molecular flexibility index (Phi) is 4.47. The lowest BCUT2D eigenvalue weighted by atomic mass is 10.2. The summed E-state index contributed by atoms with van der Waals surface area (Å²) in [6, 6.07) is 13.3. The second kappa shape index (κ2) is 6.87. The molecule has 0 bridgehead atoms. The number of hydrogen-bond acceptors (Lipinski definition) is 3. The number of amides is 1. The third kappa shape index (κ3) is 3.73. The van der Waals surface area contributed by atoms with Gasteiger partial charge < -0.3 is 10.6 Å². The van der Waals surface area contributed by atoms with Gasteiger partial charge >= 0.3 is 0 Å². The smallest absolute Gasteiger partial charge is 0.257 e. The summed E-state index contributed by atoms with van der Waals surface area (Å²) in [5, 5.41) is 5.44. The van der Waals surface area contributed by atoms with Crippen LogP contribution in [-0.2, 0) is 0 Å². The van der Waals surface area contributed by atoms with E-state index in [9.17, 15) is 13.6 Å². The SMILES string of the molecule is O=C(Nc1cccc(F)c1)c1cncc(Nc2ccccc2F)c1. The molecule has 120 valence electrons. The van der Waals surface area contributed by atoms with Gasteiger partial charge in [0.25, 0.3) is 5.91 Å². The fraction of sp³-hybridized carbons (Fsp3) is 0. The van der Waals surface area contributed by atoms with Crippen LogP contribution < -0.4 is 10.6 Å². The molecule has 3 aromatic rings. The molecule has 0 spiro atoms. The molecule has 2 aromatic carbocycles. The molecule has 0 atom stereocenters. The van der Waals surface area contributed by atoms with E-state index in [4.69, 9.17) is 0 Å². The van der Waals surface area contributed by atoms with Crippen molar-refractivity contribution in [3.05, 3.63) is 84.2 Å². The lowest BCUT2D eigenvalue weighted by Gasteiger charge is -2.09. The number of carbonyl (C=O) groups excluding carboxylic acids is 1. The summed E-state index contributed by atoms with van der Waals surface area (Å²) in [6.45, 7) is 0. The van der Waals surface area contributed by atoms with Crippen molar-refractivity contribution in [3.63, 3.8) is 0 Å². The topological polar surface area (TPSA) is 54.0 Å². The average Bonchev–Trinajstić information content (AvgIpc) is 2.57. The van der Waals surface area contributed by atoms with Crippen molar-refractivity contribution >= 4 is 23.0 Å². The van der Waals surface area contributed by atoms with E-state index in [0.717, 1.165) is 0 Å². The first-order chi connectivity index (χ1) is 11.6. The maximum atomic E-state index is 13.7. The van der Waals surface area contributed by atoms with Crippen LogP contribution >= 0.6 is 0 Å². The van der Waals surface area contributed by atoms with E-state index in [1.165, 1.54) is 42.7 Å². The van der Waals surface area contributed by atoms with Crippen LogP contribution in [0.4, 0.5) is 25.8 Å². The van der Waals surface area contributed by atoms with Crippen LogP contribution in [-0.4, -0.2) is 10.9 Å². The number of benzene rings is 2. The minimum absolute atomic E-state index is 0.264. The average molecular weight is 325 g/mol. The molecule has 0 aliphatic rings. The summed E-state index contributed by atoms with van der Waals surface area (Å²) < 4.78 is 26.8. The number of pyridine rings is 1. The monoisotopic (exact) mass is 325 g/mol. The van der Waals surface area contributed by atoms with Crippen molar-refractivity contribution in [2.75, 3.05) is 10.6 Å². The minimum Gasteiger partial charge on any atom is -0.352 e. The molecule has 4 nitrogen and oxygen atoms in total. The molecule has 0 saturated heterocycles. The zero-order valence-corrected chi connectivity index (χ0v) is 12.5. The molecule has 1 heterocycles. The number of nitrogens with one attached hydrogen (secondary N) is 2. The molecule has 0 radical (unpaired) electrons. The van der Waals surface area contributed by atoms with Crippen molar-refractivity contribution in [2.45, 2.75) is 0 Å². The Balaban J connectivity index is 1.77. The lowest BCUT2D eigenvalue weighted by molar-refractivity contribution is 0.102. The molecule has 24 heavy (non-hydrogen) atoms. The van der Waals surface area contributed by atoms with Crippen molar-refractivity contribution in [2.24, 2.45) is 0 Å². The zero-order chi connectivity index (χ0) is 16.9. The van der Waals surface area contributed by atoms with Crippen molar-refractivity contribution in [3.8, 4) is 0 Å². The molecule has 0 aliphatic heterocycles. The molecule has 1 aromatic heterocycles. The minimum atomic E-state index is -0.444. The summed E-state index contributed by atoms with van der Waals surface area (Å²) >= 11 is 0. The van der Waals surface area contributed by atoms with E-state index >= 15 is 0 Å². The molecule has 0 aliphatic carbocycles. The standard InChI is InChI=1S/C18H13F2N3O/c19-13-4-3-5-14(9-13)23-18(24)12-8-15(11-21-10-12)22-17-7-2-1-6-16(17)20/h1-11,22H,(H,23,24). The first kappa shape index (κ1) is 15.6. The molecule has 0 fully saturated rings. The van der Waals surface area contributed by atoms with Gasteiger partial charge in [-0.2, -0.15) is 0 Å². The van der Waals surface area contributed by atoms with Gasteiger partial charge in [0.15, 0.2) is 0 Å². The molecule has 3 rings (SSSR count). The van der Waals surface area contributed by atoms with Gasteiger partial charge in [-0.15, -0.1) is 0 Å². The van der Waals surface area contributed by atoms with E-state index in [1.807, 2.05) is 0 Å². The van der Waals surface area contributed by atoms with Crippen molar-refractivity contribution in [1.82, 2.24) is 4.98 Å². The second-order valence-electron chi connectivity index (χ2n) is 5.03. The zero-order valence-electron chi connectivity index (χ0n) is 12.5. The van der Waals surface area contributed by atoms with Gasteiger partial charge in [-0.05, 0) is 36.4 Å². The van der Waals surface area contributed by atoms with E-state index in [2.05, 4.69) is 15.6 Å². The predicted molar refractivity (Wildman–Crippen MR) is 88.3 cm³/mol. The number of para-hydroxylation sites is 1. The van der Waals surface area contributed by atoms with Crippen LogP contribution in [0.2, 0.25) is 0 Å². The quantitative estimate of drug-likeness (QED) is 0.749. The number of aromatic nitrogens is 1. The summed E-state index contributed by atoms with van der Waals surface area (Å²) in [7, 11) is 0. The maximum Gasteiger partial charge on any atom is 0.257 e. The molecule has 1 amide bonds. The summed E-state index contributed by atoms with van der Waals surface area (Å²) in [5.41, 5.74) is 1.35. The maximum absolute atomic E-state index is 13.7. The van der Waals surface area contributed by atoms with Crippen LogP contribution in [0.25, 0.3) is 0 Å². The Morgan fingerprint density at radius 2 is 1.75 bits per heavy atom. The second-order valence-corrected chi connectivity index (χ2v) is 5.03. The number of carbonyl (C=O) groups is 1. The largest absolute Gasteiger partial charge is 0.352 e. The molecule has 6 heteroatoms. The van der Waals surface area contributed by atoms with Crippen LogP contribution in [0.5, 0.6) is 0 Å². The van der Waals surface area contributed by atoms with Gasteiger partial charge in [-0.1, -0.05) is 18.2 Å². The Morgan fingerprint density at radius 3 is 2.54 bits per heavy atom. The Bertz CT molecular complexity index is 883. The van der Waals surface area contributed by atoms with Gasteiger partial charge in [0.1, 0.15) is 11.6 Å². The fourth-order valence-corrected chi connectivity index (χ4v) is 2.12. The van der Waals surface area contributed by atoms with Crippen LogP contribution in [0.1, 0.15) is 10.4 Å². The van der Waals surface area contributed by atoms with Crippen LogP contribution in [0.15, 0.2) is 67.0 Å². The normalized spacial score (nSPS) is 10.2. The highest BCUT2D eigenvalue weighted by Crippen LogP contribution is 2.20. The van der Waals surface area contributed by atoms with Crippen molar-refractivity contribution in [1.29, 1.82) is 0 Å². The number of anilines is 3. The summed E-state index contributed by atoms with van der Waals surface area (Å²) in [6.07, 6.45) is 2.85. The van der Waals surface area contributed by atoms with E-state index in [-0.39, 0.29) is 11.3 Å². The molecule has 0 unspecified atom stereocenters. The number of rotatable bonds is 4. The Morgan fingerprint density at radius 1 is 0.917 bits per heavy atom. The highest BCUT2D eigenvalue weighted by atomic mass is 19.1. The fourth-order valence-electron chi connectivity index (χ4n) is 2.12. The predicted octanol–water partition coefficient (Wildman–Crippen LogP) is 4.36. The van der Waals surface area contributed by atoms with E-state index in [0.29, 0.717) is 11.4 Å². The molecular formula is C18H13F2N3O. The Hall–Kier alpha value is -3.28. The summed E-state index contributed by atoms with van der Waals surface area (Å²) in [5.74, 6) is -1.29. The van der Waals surface area contributed by atoms with Gasteiger partial charge in [0.2, 0.25) is 0 Å². The molecule has 0 saturated carbocycles. The van der Waals surface area contributed by atoms with E-state index in [1.54, 1.807) is 24.3 Å². The van der Waals surface area contributed by atoms with Gasteiger partial charge in [0.05, 0.1) is 23.1 Å². The van der Waals surface area contributed by atoms with Crippen LogP contribution in [0, 0.1) is 11.6 Å². The van der Waals surface area contributed by atoms with Gasteiger partial charge in [-0.3, -0.25) is 9.78 Å². The highest BCUT2D eigenvalue weighted by molar-refractivity contribution is 6.04. The van der Waals surface area contributed by atoms with Crippen molar-refractivity contribution < 1.29 is 13.6 Å². The Labute approximate surface area is 137 Å². The van der Waals surface area contributed by atoms with Crippen LogP contribution in [0.3, 0.4) is 0 Å². The van der Waals surface area contributed by atoms with Gasteiger partial charge in [0, 0.05) is 11.9 Å². The molecule has 2 N–H and O–H groups in total. The van der Waals surface area contributed by atoms with Gasteiger partial charge in [-0.25, -0.2) is 8.78 Å².